The predicted molar refractivity (Wildman–Crippen MR) is 145 cm³/mol. The van der Waals surface area contributed by atoms with Crippen LogP contribution in [0, 0.1) is 13.8 Å². The van der Waals surface area contributed by atoms with Gasteiger partial charge in [0, 0.05) is 5.69 Å². The Labute approximate surface area is 221 Å². The molecule has 192 valence electrons. The van der Waals surface area contributed by atoms with Crippen molar-refractivity contribution in [1.82, 2.24) is 0 Å². The van der Waals surface area contributed by atoms with Gasteiger partial charge in [-0.3, -0.25) is 13.8 Å². The summed E-state index contributed by atoms with van der Waals surface area (Å²) in [5, 5.41) is 2.91. The molecule has 0 fully saturated rings. The van der Waals surface area contributed by atoms with Gasteiger partial charge in [0.25, 0.3) is 10.0 Å². The van der Waals surface area contributed by atoms with Crippen LogP contribution in [0.3, 0.4) is 0 Å². The molecule has 0 aliphatic heterocycles. The van der Waals surface area contributed by atoms with Gasteiger partial charge in [-0.25, -0.2) is 16.8 Å². The highest BCUT2D eigenvalue weighted by molar-refractivity contribution is 7.92. The van der Waals surface area contributed by atoms with E-state index < -0.39 is 32.0 Å². The lowest BCUT2D eigenvalue weighted by molar-refractivity contribution is -0.116. The molecule has 2 N–H and O–H groups in total. The SMILES string of the molecule is Cc1ccc(N([C@H](C)C(=O)Nc2ccc(S(=O)(=O)Nc3cccc(Cl)c3Cl)cc2)S(C)(=O)=O)cc1C. The standard InChI is InChI=1S/C24H25Cl2N3O5S2/c1-15-8-11-19(14-16(15)2)29(35(4,31)32)17(3)24(30)27-18-9-12-20(13-10-18)36(33,34)28-22-7-5-6-21(25)23(22)26/h5-14,17,28H,1-4H3,(H,27,30)/t17-/m1/s1. The molecule has 1 amide bonds. The third-order valence-electron chi connectivity index (χ3n) is 5.46. The van der Waals surface area contributed by atoms with Crippen LogP contribution in [0.4, 0.5) is 17.1 Å². The summed E-state index contributed by atoms with van der Waals surface area (Å²) in [6, 6.07) is 14.1. The van der Waals surface area contributed by atoms with E-state index in [1.165, 1.54) is 43.3 Å². The number of benzene rings is 3. The van der Waals surface area contributed by atoms with Gasteiger partial charge in [-0.05, 0) is 80.4 Å². The van der Waals surface area contributed by atoms with Crippen LogP contribution in [0.25, 0.3) is 0 Å². The zero-order valence-corrected chi connectivity index (χ0v) is 23.1. The summed E-state index contributed by atoms with van der Waals surface area (Å²) >= 11 is 12.0. The van der Waals surface area contributed by atoms with E-state index in [0.29, 0.717) is 11.4 Å². The van der Waals surface area contributed by atoms with Crippen molar-refractivity contribution in [3.05, 3.63) is 81.8 Å². The molecule has 0 saturated heterocycles. The molecule has 0 spiro atoms. The summed E-state index contributed by atoms with van der Waals surface area (Å²) in [4.78, 5) is 12.9. The minimum absolute atomic E-state index is 0.0693. The highest BCUT2D eigenvalue weighted by Gasteiger charge is 2.29. The van der Waals surface area contributed by atoms with Gasteiger partial charge in [0.15, 0.2) is 0 Å². The largest absolute Gasteiger partial charge is 0.324 e. The average molecular weight is 571 g/mol. The van der Waals surface area contributed by atoms with Crippen LogP contribution in [0.2, 0.25) is 10.0 Å². The van der Waals surface area contributed by atoms with Gasteiger partial charge in [-0.1, -0.05) is 35.3 Å². The molecule has 0 aliphatic rings. The van der Waals surface area contributed by atoms with Gasteiger partial charge >= 0.3 is 0 Å². The minimum Gasteiger partial charge on any atom is -0.324 e. The second kappa shape index (κ2) is 10.7. The molecule has 0 unspecified atom stereocenters. The summed E-state index contributed by atoms with van der Waals surface area (Å²) in [5.74, 6) is -0.585. The third kappa shape index (κ3) is 6.31. The van der Waals surface area contributed by atoms with E-state index in [4.69, 9.17) is 23.2 Å². The Hall–Kier alpha value is -2.79. The van der Waals surface area contributed by atoms with E-state index in [0.717, 1.165) is 21.7 Å². The monoisotopic (exact) mass is 569 g/mol. The number of hydrogen-bond acceptors (Lipinski definition) is 5. The fraction of sp³-hybridized carbons (Fsp3) is 0.208. The molecule has 0 aliphatic carbocycles. The first-order chi connectivity index (χ1) is 16.7. The van der Waals surface area contributed by atoms with Gasteiger partial charge in [-0.2, -0.15) is 0 Å². The van der Waals surface area contributed by atoms with Crippen molar-refractivity contribution in [2.24, 2.45) is 0 Å². The van der Waals surface area contributed by atoms with Crippen molar-refractivity contribution >= 4 is 66.2 Å². The quantitative estimate of drug-likeness (QED) is 0.387. The molecule has 0 bridgehead atoms. The van der Waals surface area contributed by atoms with Gasteiger partial charge in [-0.15, -0.1) is 0 Å². The summed E-state index contributed by atoms with van der Waals surface area (Å²) < 4.78 is 54.0. The molecule has 1 atom stereocenters. The molecule has 0 radical (unpaired) electrons. The van der Waals surface area contributed by atoms with Gasteiger partial charge < -0.3 is 5.32 Å². The van der Waals surface area contributed by atoms with E-state index in [1.807, 2.05) is 13.8 Å². The predicted octanol–water partition coefficient (Wildman–Crippen LogP) is 5.20. The number of carbonyl (C=O) groups is 1. The molecule has 12 heteroatoms. The molecular formula is C24H25Cl2N3O5S2. The lowest BCUT2D eigenvalue weighted by Gasteiger charge is -2.28. The highest BCUT2D eigenvalue weighted by atomic mass is 35.5. The number of nitrogens with zero attached hydrogens (tertiary/aromatic N) is 1. The van der Waals surface area contributed by atoms with Crippen LogP contribution in [-0.2, 0) is 24.8 Å². The van der Waals surface area contributed by atoms with Crippen molar-refractivity contribution in [2.45, 2.75) is 31.7 Å². The molecule has 0 aromatic heterocycles. The van der Waals surface area contributed by atoms with Gasteiger partial charge in [0.2, 0.25) is 15.9 Å². The lowest BCUT2D eigenvalue weighted by atomic mass is 10.1. The lowest BCUT2D eigenvalue weighted by Crippen LogP contribution is -2.45. The maximum atomic E-state index is 12.9. The van der Waals surface area contributed by atoms with Crippen molar-refractivity contribution in [2.75, 3.05) is 20.6 Å². The molecule has 3 aromatic rings. The highest BCUT2D eigenvalue weighted by Crippen LogP contribution is 2.31. The Balaban J connectivity index is 1.79. The van der Waals surface area contributed by atoms with Crippen molar-refractivity contribution < 1.29 is 21.6 Å². The first-order valence-corrected chi connectivity index (χ1v) is 14.7. The van der Waals surface area contributed by atoms with Crippen molar-refractivity contribution in [1.29, 1.82) is 0 Å². The fourth-order valence-corrected chi connectivity index (χ4v) is 6.06. The average Bonchev–Trinajstić information content (AvgIpc) is 2.78. The summed E-state index contributed by atoms with van der Waals surface area (Å²) in [6.45, 7) is 5.24. The van der Waals surface area contributed by atoms with Gasteiger partial charge in [0.05, 0.1) is 32.6 Å². The second-order valence-electron chi connectivity index (χ2n) is 8.22. The molecule has 3 aromatic carbocycles. The third-order valence-corrected chi connectivity index (χ3v) is 8.90. The maximum absolute atomic E-state index is 12.9. The number of carbonyl (C=O) groups excluding carboxylic acids is 1. The Morgan fingerprint density at radius 2 is 1.56 bits per heavy atom. The number of rotatable bonds is 8. The van der Waals surface area contributed by atoms with E-state index in [2.05, 4.69) is 10.0 Å². The van der Waals surface area contributed by atoms with E-state index >= 15 is 0 Å². The second-order valence-corrected chi connectivity index (χ2v) is 12.6. The van der Waals surface area contributed by atoms with Crippen molar-refractivity contribution in [3.8, 4) is 0 Å². The molecule has 36 heavy (non-hydrogen) atoms. The zero-order valence-electron chi connectivity index (χ0n) is 19.9. The maximum Gasteiger partial charge on any atom is 0.261 e. The minimum atomic E-state index is -3.98. The van der Waals surface area contributed by atoms with Crippen LogP contribution in [-0.4, -0.2) is 35.0 Å². The molecular weight excluding hydrogens is 545 g/mol. The Kier molecular flexibility index (Phi) is 8.24. The Morgan fingerprint density at radius 3 is 2.14 bits per heavy atom. The van der Waals surface area contributed by atoms with E-state index in [1.54, 1.807) is 24.3 Å². The van der Waals surface area contributed by atoms with Crippen LogP contribution in [0.5, 0.6) is 0 Å². The van der Waals surface area contributed by atoms with E-state index in [-0.39, 0.29) is 20.6 Å². The Bertz CT molecular complexity index is 1510. The number of anilines is 3. The number of hydrogen-bond donors (Lipinski definition) is 2. The van der Waals surface area contributed by atoms with E-state index in [9.17, 15) is 21.6 Å². The summed E-state index contributed by atoms with van der Waals surface area (Å²) in [7, 11) is -7.77. The molecule has 0 saturated carbocycles. The van der Waals surface area contributed by atoms with Crippen LogP contribution < -0.4 is 14.3 Å². The number of halogens is 2. The first kappa shape index (κ1) is 27.8. The molecule has 3 rings (SSSR count). The number of sulfonamides is 2. The molecule has 8 nitrogen and oxygen atoms in total. The number of amides is 1. The molecule has 0 heterocycles. The Morgan fingerprint density at radius 1 is 0.917 bits per heavy atom. The zero-order chi connectivity index (χ0) is 26.8. The number of nitrogens with one attached hydrogen (secondary N) is 2. The first-order valence-electron chi connectivity index (χ1n) is 10.6. The van der Waals surface area contributed by atoms with Crippen LogP contribution >= 0.6 is 23.2 Å². The number of aryl methyl sites for hydroxylation is 2. The summed E-state index contributed by atoms with van der Waals surface area (Å²) in [5.41, 5.74) is 2.67. The van der Waals surface area contributed by atoms with Crippen LogP contribution in [0.1, 0.15) is 18.1 Å². The topological polar surface area (TPSA) is 113 Å². The summed E-state index contributed by atoms with van der Waals surface area (Å²) in [6.07, 6.45) is 1.03. The van der Waals surface area contributed by atoms with Gasteiger partial charge in [0.1, 0.15) is 6.04 Å². The van der Waals surface area contributed by atoms with Crippen LogP contribution in [0.15, 0.2) is 65.6 Å². The smallest absolute Gasteiger partial charge is 0.261 e. The normalized spacial score (nSPS) is 12.6. The fourth-order valence-electron chi connectivity index (χ4n) is 3.42. The van der Waals surface area contributed by atoms with Crippen molar-refractivity contribution in [3.63, 3.8) is 0 Å².